The molecule has 2 amide bonds. The van der Waals surface area contributed by atoms with Crippen molar-refractivity contribution in [1.29, 1.82) is 0 Å². The average Bonchev–Trinajstić information content (AvgIpc) is 2.72. The molecule has 1 atom stereocenters. The van der Waals surface area contributed by atoms with Crippen molar-refractivity contribution < 1.29 is 14.5 Å². The van der Waals surface area contributed by atoms with Gasteiger partial charge in [-0.1, -0.05) is 30.3 Å². The molecule has 0 bridgehead atoms. The van der Waals surface area contributed by atoms with E-state index in [1.165, 1.54) is 30.5 Å². The van der Waals surface area contributed by atoms with E-state index in [1.54, 1.807) is 0 Å². The summed E-state index contributed by atoms with van der Waals surface area (Å²) in [4.78, 5) is 38.5. The average molecular weight is 394 g/mol. The fraction of sp³-hybridized carbons (Fsp3) is 0.158. The van der Waals surface area contributed by atoms with E-state index < -0.39 is 22.8 Å². The molecule has 0 unspecified atom stereocenters. The normalized spacial score (nSPS) is 15.9. The molecule has 148 valence electrons. The standard InChI is InChI=1S/C19H18N6O4/c26-18(23-20-12-14-6-8-15(9-7-14)25(28)29)11-16-19(27)24-22-17(21-16)10-13-4-2-1-3-5-13/h1-9,12,16H,10-11H2,(H,21,22)(H,23,26)(H,24,27)/t16-/m1/s1. The van der Waals surface area contributed by atoms with Crippen LogP contribution >= 0.6 is 0 Å². The number of rotatable bonds is 7. The number of amidine groups is 1. The van der Waals surface area contributed by atoms with Crippen LogP contribution in [0.1, 0.15) is 17.5 Å². The molecule has 2 aromatic carbocycles. The molecule has 0 aliphatic carbocycles. The minimum absolute atomic E-state index is 0.0349. The predicted octanol–water partition coefficient (Wildman–Crippen LogP) is 1.08. The molecule has 2 aromatic rings. The maximum absolute atomic E-state index is 12.1. The van der Waals surface area contributed by atoms with Gasteiger partial charge in [-0.3, -0.25) is 35.5 Å². The second-order valence-corrected chi connectivity index (χ2v) is 6.21. The lowest BCUT2D eigenvalue weighted by Gasteiger charge is -2.21. The van der Waals surface area contributed by atoms with E-state index in [1.807, 2.05) is 30.3 Å². The number of carbonyl (C=O) groups is 2. The lowest BCUT2D eigenvalue weighted by molar-refractivity contribution is -0.384. The van der Waals surface area contributed by atoms with Crippen LogP contribution in [0.5, 0.6) is 0 Å². The molecule has 3 N–H and O–H groups in total. The Kier molecular flexibility index (Phi) is 6.25. The van der Waals surface area contributed by atoms with Crippen molar-refractivity contribution in [2.75, 3.05) is 0 Å². The number of nitro benzene ring substituents is 1. The van der Waals surface area contributed by atoms with Crippen molar-refractivity contribution in [3.05, 3.63) is 75.8 Å². The first kappa shape index (κ1) is 19.7. The van der Waals surface area contributed by atoms with Gasteiger partial charge in [-0.15, -0.1) is 0 Å². The molecule has 29 heavy (non-hydrogen) atoms. The number of non-ortho nitro benzene ring substituents is 1. The highest BCUT2D eigenvalue weighted by Gasteiger charge is 2.25. The molecule has 1 heterocycles. The second-order valence-electron chi connectivity index (χ2n) is 6.21. The van der Waals surface area contributed by atoms with Crippen LogP contribution in [0.3, 0.4) is 0 Å². The number of hydrazine groups is 1. The molecule has 0 saturated carbocycles. The Morgan fingerprint density at radius 2 is 1.90 bits per heavy atom. The highest BCUT2D eigenvalue weighted by atomic mass is 16.6. The third-order valence-electron chi connectivity index (χ3n) is 4.04. The Labute approximate surface area is 165 Å². The zero-order chi connectivity index (χ0) is 20.6. The number of hydrazone groups is 1. The van der Waals surface area contributed by atoms with Gasteiger partial charge in [-0.25, -0.2) is 5.43 Å². The summed E-state index contributed by atoms with van der Waals surface area (Å²) in [6, 6.07) is 14.4. The van der Waals surface area contributed by atoms with Crippen LogP contribution < -0.4 is 16.3 Å². The number of hydrogen-bond donors (Lipinski definition) is 3. The third kappa shape index (κ3) is 5.70. The number of hydrogen-bond acceptors (Lipinski definition) is 7. The smallest absolute Gasteiger partial charge is 0.269 e. The molecule has 0 fully saturated rings. The van der Waals surface area contributed by atoms with Crippen LogP contribution in [0.4, 0.5) is 5.69 Å². The number of amides is 2. The molecule has 1 aliphatic heterocycles. The predicted molar refractivity (Wildman–Crippen MR) is 106 cm³/mol. The van der Waals surface area contributed by atoms with E-state index in [2.05, 4.69) is 26.4 Å². The van der Waals surface area contributed by atoms with E-state index in [0.717, 1.165) is 5.56 Å². The number of nitro groups is 1. The summed E-state index contributed by atoms with van der Waals surface area (Å²) in [6.07, 6.45) is 1.69. The van der Waals surface area contributed by atoms with Crippen molar-refractivity contribution in [3.8, 4) is 0 Å². The quantitative estimate of drug-likeness (QED) is 0.366. The first-order chi connectivity index (χ1) is 14.0. The molecule has 0 spiro atoms. The molecule has 0 radical (unpaired) electrons. The molecule has 3 rings (SSSR count). The zero-order valence-electron chi connectivity index (χ0n) is 15.2. The minimum atomic E-state index is -0.857. The SMILES string of the molecule is O=C(C[C@H]1N=C(Cc2ccccc2)NNC1=O)NN=Cc1ccc([N+](=O)[O-])cc1. The van der Waals surface area contributed by atoms with Gasteiger partial charge in [-0.2, -0.15) is 5.10 Å². The molecular weight excluding hydrogens is 376 g/mol. The monoisotopic (exact) mass is 394 g/mol. The van der Waals surface area contributed by atoms with Crippen LogP contribution in [-0.4, -0.2) is 34.8 Å². The second kappa shape index (κ2) is 9.22. The van der Waals surface area contributed by atoms with Crippen molar-refractivity contribution in [1.82, 2.24) is 16.3 Å². The zero-order valence-corrected chi connectivity index (χ0v) is 15.2. The highest BCUT2D eigenvalue weighted by Crippen LogP contribution is 2.10. The van der Waals surface area contributed by atoms with Gasteiger partial charge < -0.3 is 0 Å². The summed E-state index contributed by atoms with van der Waals surface area (Å²) >= 11 is 0. The summed E-state index contributed by atoms with van der Waals surface area (Å²) in [5, 5.41) is 14.4. The molecule has 0 saturated heterocycles. The topological polar surface area (TPSA) is 138 Å². The number of nitrogens with zero attached hydrogens (tertiary/aromatic N) is 3. The summed E-state index contributed by atoms with van der Waals surface area (Å²) in [6.45, 7) is 0. The molecule has 10 heteroatoms. The lowest BCUT2D eigenvalue weighted by Crippen LogP contribution is -2.52. The number of aliphatic imine (C=N–C) groups is 1. The third-order valence-corrected chi connectivity index (χ3v) is 4.04. The van der Waals surface area contributed by atoms with E-state index in [0.29, 0.717) is 17.8 Å². The fourth-order valence-corrected chi connectivity index (χ4v) is 2.60. The number of benzene rings is 2. The fourth-order valence-electron chi connectivity index (χ4n) is 2.60. The maximum Gasteiger partial charge on any atom is 0.269 e. The first-order valence-corrected chi connectivity index (χ1v) is 8.74. The van der Waals surface area contributed by atoms with Crippen molar-refractivity contribution >= 4 is 29.6 Å². The van der Waals surface area contributed by atoms with Gasteiger partial charge in [0.25, 0.3) is 11.6 Å². The largest absolute Gasteiger partial charge is 0.285 e. The summed E-state index contributed by atoms with van der Waals surface area (Å²) in [5.41, 5.74) is 9.14. The van der Waals surface area contributed by atoms with Gasteiger partial charge >= 0.3 is 0 Å². The van der Waals surface area contributed by atoms with E-state index >= 15 is 0 Å². The van der Waals surface area contributed by atoms with Gasteiger partial charge in [0.1, 0.15) is 11.9 Å². The van der Waals surface area contributed by atoms with E-state index in [9.17, 15) is 19.7 Å². The van der Waals surface area contributed by atoms with Crippen LogP contribution in [0, 0.1) is 10.1 Å². The van der Waals surface area contributed by atoms with Gasteiger partial charge in [0.05, 0.1) is 17.6 Å². The van der Waals surface area contributed by atoms with Crippen molar-refractivity contribution in [2.45, 2.75) is 18.9 Å². The highest BCUT2D eigenvalue weighted by molar-refractivity contribution is 5.96. The molecule has 10 nitrogen and oxygen atoms in total. The van der Waals surface area contributed by atoms with Gasteiger partial charge in [0.15, 0.2) is 0 Å². The molecule has 0 aromatic heterocycles. The van der Waals surface area contributed by atoms with Crippen LogP contribution in [0.25, 0.3) is 0 Å². The summed E-state index contributed by atoms with van der Waals surface area (Å²) in [5.74, 6) is -0.327. The Bertz CT molecular complexity index is 956. The van der Waals surface area contributed by atoms with Gasteiger partial charge in [0, 0.05) is 18.6 Å². The number of carbonyl (C=O) groups excluding carboxylic acids is 2. The van der Waals surface area contributed by atoms with E-state index in [-0.39, 0.29) is 12.1 Å². The van der Waals surface area contributed by atoms with Crippen molar-refractivity contribution in [3.63, 3.8) is 0 Å². The Morgan fingerprint density at radius 3 is 2.59 bits per heavy atom. The van der Waals surface area contributed by atoms with Crippen LogP contribution in [-0.2, 0) is 16.0 Å². The van der Waals surface area contributed by atoms with Crippen LogP contribution in [0.2, 0.25) is 0 Å². The van der Waals surface area contributed by atoms with Crippen LogP contribution in [0.15, 0.2) is 64.7 Å². The lowest BCUT2D eigenvalue weighted by atomic mass is 10.1. The van der Waals surface area contributed by atoms with Gasteiger partial charge in [0.2, 0.25) is 5.91 Å². The number of nitrogens with one attached hydrogen (secondary N) is 3. The molecular formula is C19H18N6O4. The Hall–Kier alpha value is -4.08. The van der Waals surface area contributed by atoms with Crippen molar-refractivity contribution in [2.24, 2.45) is 10.1 Å². The minimum Gasteiger partial charge on any atom is -0.285 e. The first-order valence-electron chi connectivity index (χ1n) is 8.74. The summed E-state index contributed by atoms with van der Waals surface area (Å²) in [7, 11) is 0. The summed E-state index contributed by atoms with van der Waals surface area (Å²) < 4.78 is 0. The van der Waals surface area contributed by atoms with Gasteiger partial charge in [-0.05, 0) is 23.3 Å². The Morgan fingerprint density at radius 1 is 1.17 bits per heavy atom. The van der Waals surface area contributed by atoms with E-state index in [4.69, 9.17) is 0 Å². The maximum atomic E-state index is 12.1. The Balaban J connectivity index is 1.55. The molecule has 1 aliphatic rings.